The lowest BCUT2D eigenvalue weighted by molar-refractivity contribution is -0.147. The van der Waals surface area contributed by atoms with Gasteiger partial charge in [-0.15, -0.1) is 0 Å². The van der Waals surface area contributed by atoms with Crippen molar-refractivity contribution in [3.05, 3.63) is 88.5 Å². The van der Waals surface area contributed by atoms with Crippen LogP contribution < -0.4 is 14.4 Å². The van der Waals surface area contributed by atoms with Crippen LogP contribution in [0.1, 0.15) is 39.5 Å². The molecule has 0 bridgehead atoms. The third-order valence-electron chi connectivity index (χ3n) is 5.83. The van der Waals surface area contributed by atoms with E-state index in [1.165, 1.54) is 35.2 Å². The number of alkyl halides is 6. The van der Waals surface area contributed by atoms with Gasteiger partial charge >= 0.3 is 18.3 Å². The van der Waals surface area contributed by atoms with Crippen LogP contribution in [0.5, 0.6) is 11.5 Å². The molecule has 0 atom stereocenters. The number of rotatable bonds is 8. The Kier molecular flexibility index (Phi) is 7.75. The Balaban J connectivity index is 1.50. The molecule has 206 valence electrons. The molecule has 4 rings (SSSR count). The van der Waals surface area contributed by atoms with Crippen molar-refractivity contribution < 1.29 is 50.1 Å². The van der Waals surface area contributed by atoms with Crippen LogP contribution >= 0.6 is 0 Å². The molecule has 0 spiro atoms. The lowest BCUT2D eigenvalue weighted by atomic mass is 10.1. The predicted molar refractivity (Wildman–Crippen MR) is 126 cm³/mol. The van der Waals surface area contributed by atoms with Crippen molar-refractivity contribution in [2.75, 3.05) is 18.1 Å². The van der Waals surface area contributed by atoms with E-state index < -0.39 is 47.7 Å². The fourth-order valence-electron chi connectivity index (χ4n) is 3.99. The summed E-state index contributed by atoms with van der Waals surface area (Å²) >= 11 is 0. The standard InChI is InChI=1S/C27H21F6NO5/c1-2-37-24(35)15-39-23-11-6-16(12-21(23)27(31,32)33)14-38-22-5-3-4-19-20(22)13-34(25(19)36)18-9-7-17(8-10-18)26(28,29)30/h3-12H,2,13-15H2,1H3. The highest BCUT2D eigenvalue weighted by atomic mass is 19.4. The van der Waals surface area contributed by atoms with Crippen molar-refractivity contribution in [3.8, 4) is 11.5 Å². The maximum Gasteiger partial charge on any atom is 0.419 e. The number of anilines is 1. The smallest absolute Gasteiger partial charge is 0.419 e. The zero-order valence-corrected chi connectivity index (χ0v) is 20.4. The number of carbonyl (C=O) groups is 2. The maximum atomic E-state index is 13.6. The first-order valence-corrected chi connectivity index (χ1v) is 11.6. The van der Waals surface area contributed by atoms with Crippen molar-refractivity contribution >= 4 is 17.6 Å². The minimum Gasteiger partial charge on any atom is -0.489 e. The molecule has 6 nitrogen and oxygen atoms in total. The van der Waals surface area contributed by atoms with Gasteiger partial charge in [0.1, 0.15) is 18.1 Å². The van der Waals surface area contributed by atoms with Crippen LogP contribution in [0.15, 0.2) is 60.7 Å². The third kappa shape index (κ3) is 6.27. The van der Waals surface area contributed by atoms with Gasteiger partial charge in [-0.2, -0.15) is 26.3 Å². The van der Waals surface area contributed by atoms with Crippen LogP contribution in [0.25, 0.3) is 0 Å². The minimum atomic E-state index is -4.78. The van der Waals surface area contributed by atoms with Crippen LogP contribution in [0, 0.1) is 0 Å². The molecule has 0 saturated heterocycles. The van der Waals surface area contributed by atoms with Gasteiger partial charge in [-0.3, -0.25) is 4.79 Å². The summed E-state index contributed by atoms with van der Waals surface area (Å²) in [5, 5.41) is 0. The number of amides is 1. The summed E-state index contributed by atoms with van der Waals surface area (Å²) in [4.78, 5) is 25.7. The lowest BCUT2D eigenvalue weighted by Crippen LogP contribution is -2.23. The SMILES string of the molecule is CCOC(=O)COc1ccc(COc2cccc3c2CN(c2ccc(C(F)(F)F)cc2)C3=O)cc1C(F)(F)F. The molecular formula is C27H21F6NO5. The first-order chi connectivity index (χ1) is 18.4. The molecule has 39 heavy (non-hydrogen) atoms. The van der Waals surface area contributed by atoms with Crippen molar-refractivity contribution in [3.63, 3.8) is 0 Å². The van der Waals surface area contributed by atoms with E-state index in [9.17, 15) is 35.9 Å². The van der Waals surface area contributed by atoms with Gasteiger partial charge in [-0.1, -0.05) is 12.1 Å². The fourth-order valence-corrected chi connectivity index (χ4v) is 3.99. The Morgan fingerprint density at radius 2 is 1.62 bits per heavy atom. The van der Waals surface area contributed by atoms with Crippen molar-refractivity contribution in [1.82, 2.24) is 0 Å². The molecule has 0 aliphatic carbocycles. The summed E-state index contributed by atoms with van der Waals surface area (Å²) in [6.07, 6.45) is -9.29. The molecule has 1 aliphatic rings. The third-order valence-corrected chi connectivity index (χ3v) is 5.83. The second-order valence-electron chi connectivity index (χ2n) is 8.43. The molecular weight excluding hydrogens is 532 g/mol. The zero-order chi connectivity index (χ0) is 28.4. The van der Waals surface area contributed by atoms with E-state index in [1.807, 2.05) is 0 Å². The average molecular weight is 553 g/mol. The highest BCUT2D eigenvalue weighted by molar-refractivity contribution is 6.10. The van der Waals surface area contributed by atoms with Gasteiger partial charge in [-0.25, -0.2) is 4.79 Å². The van der Waals surface area contributed by atoms with Gasteiger partial charge < -0.3 is 19.1 Å². The maximum absolute atomic E-state index is 13.6. The summed E-state index contributed by atoms with van der Waals surface area (Å²) in [7, 11) is 0. The van der Waals surface area contributed by atoms with Gasteiger partial charge in [0.15, 0.2) is 6.61 Å². The molecule has 1 aliphatic heterocycles. The molecule has 12 heteroatoms. The molecule has 0 saturated carbocycles. The number of carbonyl (C=O) groups excluding carboxylic acids is 2. The molecule has 0 radical (unpaired) electrons. The Hall–Kier alpha value is -4.22. The number of hydrogen-bond acceptors (Lipinski definition) is 5. The zero-order valence-electron chi connectivity index (χ0n) is 20.4. The van der Waals surface area contributed by atoms with Crippen LogP contribution in [0.3, 0.4) is 0 Å². The Morgan fingerprint density at radius 3 is 2.26 bits per heavy atom. The predicted octanol–water partition coefficient (Wildman–Crippen LogP) is 6.41. The summed E-state index contributed by atoms with van der Waals surface area (Å²) in [6.45, 7) is 0.641. The fraction of sp³-hybridized carbons (Fsp3) is 0.259. The second kappa shape index (κ2) is 10.9. The van der Waals surface area contributed by atoms with Crippen molar-refractivity contribution in [1.29, 1.82) is 0 Å². The quantitative estimate of drug-likeness (QED) is 0.239. The first kappa shape index (κ1) is 27.8. The summed E-state index contributed by atoms with van der Waals surface area (Å²) < 4.78 is 95.0. The number of halogens is 6. The van der Waals surface area contributed by atoms with E-state index in [0.717, 1.165) is 24.3 Å². The molecule has 1 amide bonds. The lowest BCUT2D eigenvalue weighted by Gasteiger charge is -2.17. The van der Waals surface area contributed by atoms with Crippen LogP contribution in [-0.4, -0.2) is 25.1 Å². The van der Waals surface area contributed by atoms with Crippen molar-refractivity contribution in [2.24, 2.45) is 0 Å². The van der Waals surface area contributed by atoms with E-state index >= 15 is 0 Å². The van der Waals surface area contributed by atoms with E-state index in [1.54, 1.807) is 13.0 Å². The van der Waals surface area contributed by atoms with Gasteiger partial charge in [0.25, 0.3) is 5.91 Å². The molecule has 0 aromatic heterocycles. The van der Waals surface area contributed by atoms with Gasteiger partial charge in [0, 0.05) is 16.8 Å². The number of fused-ring (bicyclic) bond motifs is 1. The molecule has 0 unspecified atom stereocenters. The van der Waals surface area contributed by atoms with Crippen LogP contribution in [0.2, 0.25) is 0 Å². The number of nitrogens with zero attached hydrogens (tertiary/aromatic N) is 1. The number of ether oxygens (including phenoxy) is 3. The van der Waals surface area contributed by atoms with E-state index in [4.69, 9.17) is 9.47 Å². The summed E-state index contributed by atoms with van der Waals surface area (Å²) in [6, 6.07) is 12.0. The molecule has 3 aromatic carbocycles. The average Bonchev–Trinajstić information content (AvgIpc) is 3.22. The molecule has 1 heterocycles. The van der Waals surface area contributed by atoms with E-state index in [0.29, 0.717) is 5.56 Å². The first-order valence-electron chi connectivity index (χ1n) is 11.6. The Bertz CT molecular complexity index is 1370. The van der Waals surface area contributed by atoms with E-state index in [-0.39, 0.29) is 42.3 Å². The Morgan fingerprint density at radius 1 is 0.897 bits per heavy atom. The normalized spacial score (nSPS) is 13.3. The topological polar surface area (TPSA) is 65.1 Å². The number of hydrogen-bond donors (Lipinski definition) is 0. The van der Waals surface area contributed by atoms with Gasteiger partial charge in [0.2, 0.25) is 0 Å². The molecule has 3 aromatic rings. The number of benzene rings is 3. The second-order valence-corrected chi connectivity index (χ2v) is 8.43. The largest absolute Gasteiger partial charge is 0.489 e. The van der Waals surface area contributed by atoms with Crippen LogP contribution in [0.4, 0.5) is 32.0 Å². The van der Waals surface area contributed by atoms with Gasteiger partial charge in [-0.05, 0) is 61.0 Å². The highest BCUT2D eigenvalue weighted by Gasteiger charge is 2.36. The monoisotopic (exact) mass is 553 g/mol. The van der Waals surface area contributed by atoms with E-state index in [2.05, 4.69) is 4.74 Å². The number of esters is 1. The van der Waals surface area contributed by atoms with Crippen LogP contribution in [-0.2, 0) is 35.0 Å². The van der Waals surface area contributed by atoms with Crippen molar-refractivity contribution in [2.45, 2.75) is 32.4 Å². The Labute approximate surface area is 218 Å². The summed E-state index contributed by atoms with van der Waals surface area (Å²) in [5.41, 5.74) is -0.834. The van der Waals surface area contributed by atoms with Gasteiger partial charge in [0.05, 0.1) is 24.3 Å². The highest BCUT2D eigenvalue weighted by Crippen LogP contribution is 2.38. The minimum absolute atomic E-state index is 0.00411. The molecule has 0 N–H and O–H groups in total. The molecule has 0 fully saturated rings. The summed E-state index contributed by atoms with van der Waals surface area (Å²) in [5.74, 6) is -1.56.